The summed E-state index contributed by atoms with van der Waals surface area (Å²) < 4.78 is 10.6. The Hall–Kier alpha value is -9.52. The fourth-order valence-corrected chi connectivity index (χ4v) is 8.16. The molecule has 25 nitrogen and oxygen atoms in total. The lowest BCUT2D eigenvalue weighted by atomic mass is 9.98. The fraction of sp³-hybridized carbons (Fsp3) is 0.357. The number of fused-ring (bicyclic) bond motifs is 6. The summed E-state index contributed by atoms with van der Waals surface area (Å²) in [6.45, 7) is 6.11. The number of hydrogen-bond acceptors (Lipinski definition) is 15. The number of nitrogens with one attached hydrogen (secondary N) is 7. The molecule has 0 saturated carbocycles. The number of rotatable bonds is 25. The molecule has 4 aromatic rings. The van der Waals surface area contributed by atoms with Gasteiger partial charge in [0.25, 0.3) is 0 Å². The van der Waals surface area contributed by atoms with Crippen molar-refractivity contribution in [2.75, 3.05) is 46.4 Å². The first kappa shape index (κ1) is 65.8. The van der Waals surface area contributed by atoms with Crippen molar-refractivity contribution < 1.29 is 82.3 Å². The second-order valence-electron chi connectivity index (χ2n) is 17.6. The summed E-state index contributed by atoms with van der Waals surface area (Å²) >= 11 is 0. The first-order chi connectivity index (χ1) is 38.6. The van der Waals surface area contributed by atoms with Gasteiger partial charge in [0.05, 0.1) is 51.5 Å². The van der Waals surface area contributed by atoms with Crippen LogP contribution in [0.15, 0.2) is 97.1 Å². The average molecular weight is 1130 g/mol. The summed E-state index contributed by atoms with van der Waals surface area (Å²) in [4.78, 5) is 138. The summed E-state index contributed by atoms with van der Waals surface area (Å²) in [5, 5.41) is 42.0. The maximum Gasteiger partial charge on any atom is 0.407 e. The predicted molar refractivity (Wildman–Crippen MR) is 292 cm³/mol. The molecular weight excluding hydrogens is 1060 g/mol. The van der Waals surface area contributed by atoms with Gasteiger partial charge in [-0.1, -0.05) is 118 Å². The van der Waals surface area contributed by atoms with Crippen LogP contribution in [0.2, 0.25) is 0 Å². The highest BCUT2D eigenvalue weighted by atomic mass is 16.5. The number of carbonyl (C=O) groups excluding carboxylic acids is 9. The van der Waals surface area contributed by atoms with E-state index in [-0.39, 0.29) is 36.7 Å². The lowest BCUT2D eigenvalue weighted by Crippen LogP contribution is -2.57. The van der Waals surface area contributed by atoms with Crippen molar-refractivity contribution in [2.45, 2.75) is 83.3 Å². The quantitative estimate of drug-likeness (QED) is 0.0421. The summed E-state index contributed by atoms with van der Waals surface area (Å²) in [5.74, 6) is -10.5. The number of carbonyl (C=O) groups is 12. The van der Waals surface area contributed by atoms with Gasteiger partial charge in [-0.05, 0) is 58.5 Å². The molecule has 81 heavy (non-hydrogen) atoms. The van der Waals surface area contributed by atoms with Crippen LogP contribution in [0.5, 0.6) is 0 Å². The molecule has 25 heteroatoms. The van der Waals surface area contributed by atoms with Crippen LogP contribution >= 0.6 is 0 Å². The lowest BCUT2D eigenvalue weighted by molar-refractivity contribution is -0.144. The Balaban J connectivity index is 0.000000336. The minimum absolute atomic E-state index is 0.00330. The molecule has 0 aliphatic heterocycles. The van der Waals surface area contributed by atoms with Gasteiger partial charge in [-0.15, -0.1) is 0 Å². The van der Waals surface area contributed by atoms with Gasteiger partial charge in [-0.3, -0.25) is 52.7 Å². The van der Waals surface area contributed by atoms with E-state index in [0.717, 1.165) is 0 Å². The van der Waals surface area contributed by atoms with Crippen molar-refractivity contribution in [3.8, 4) is 22.3 Å². The molecule has 6 rings (SSSR count). The van der Waals surface area contributed by atoms with Gasteiger partial charge in [0.1, 0.15) is 31.1 Å². The van der Waals surface area contributed by atoms with Gasteiger partial charge in [0.15, 0.2) is 0 Å². The van der Waals surface area contributed by atoms with E-state index in [1.165, 1.54) is 58.5 Å². The van der Waals surface area contributed by atoms with Crippen LogP contribution in [-0.2, 0) is 62.2 Å². The van der Waals surface area contributed by atoms with E-state index in [1.54, 1.807) is 0 Å². The zero-order chi connectivity index (χ0) is 60.2. The van der Waals surface area contributed by atoms with Gasteiger partial charge in [-0.2, -0.15) is 0 Å². The molecule has 434 valence electrons. The van der Waals surface area contributed by atoms with Gasteiger partial charge in [-0.25, -0.2) is 4.79 Å². The van der Waals surface area contributed by atoms with Gasteiger partial charge < -0.3 is 67.7 Å². The second kappa shape index (κ2) is 33.7. The number of ketones is 1. The average Bonchev–Trinajstić information content (AvgIpc) is 4.21. The summed E-state index contributed by atoms with van der Waals surface area (Å²) in [6, 6.07) is 28.0. The van der Waals surface area contributed by atoms with Crippen LogP contribution < -0.4 is 43.0 Å². The number of alkyl carbamates (subject to hydrolysis) is 1. The highest BCUT2D eigenvalue weighted by molar-refractivity contribution is 5.98. The number of likely N-dealkylation sites (N-methyl/N-ethyl adjacent to an activating group) is 1. The molecule has 0 fully saturated rings. The molecule has 12 N–H and O–H groups in total. The Morgan fingerprint density at radius 1 is 0.494 bits per heavy atom. The van der Waals surface area contributed by atoms with Crippen molar-refractivity contribution in [1.82, 2.24) is 37.2 Å². The van der Waals surface area contributed by atoms with Crippen molar-refractivity contribution in [3.05, 3.63) is 119 Å². The standard InChI is InChI=1S/C19H29N7O12.C18H17NO3.C17H16O2.C2H6/c1-21-8(2-14(30)31)18(37)26-10(4-16(34)35)19(38)25-9(3-15(32)33)17(36)24-7-13(29)23-6-12(28)22-5-11(20)27;1-12(20)10-19-18(21)22-11-17-15-8-4-2-6-13(15)14-7-3-5-9-16(14)17;1-2-17(18)19-11-16-14-9-5-3-7-12(14)13-8-4-6-10-15(13)16;1-2/h8-10,21H,2-7H2,1H3,(H2,20,27)(H,22,28)(H,23,29)(H,24,36)(H,25,38)(H,26,37)(H,30,31)(H,32,33)(H,34,35);2-9,17H,10-11H2,1H3,(H,19,21);3-10,16H,2,11H2,1H3;1-2H3/t8-,9-,10-;;;/m0.../s1. The van der Waals surface area contributed by atoms with Crippen LogP contribution in [0.3, 0.4) is 0 Å². The zero-order valence-corrected chi connectivity index (χ0v) is 45.3. The predicted octanol–water partition coefficient (Wildman–Crippen LogP) is 1.69. The van der Waals surface area contributed by atoms with Crippen LogP contribution in [0.1, 0.15) is 87.5 Å². The molecule has 0 radical (unpaired) electrons. The third-order valence-electron chi connectivity index (χ3n) is 11.9. The Bertz CT molecular complexity index is 2820. The van der Waals surface area contributed by atoms with E-state index >= 15 is 0 Å². The van der Waals surface area contributed by atoms with Crippen molar-refractivity contribution in [1.29, 1.82) is 0 Å². The first-order valence-corrected chi connectivity index (χ1v) is 25.6. The molecule has 0 heterocycles. The van der Waals surface area contributed by atoms with Gasteiger partial charge in [0.2, 0.25) is 35.4 Å². The number of hydrogen-bond donors (Lipinski definition) is 11. The van der Waals surface area contributed by atoms with Crippen LogP contribution in [0, 0.1) is 0 Å². The Kier molecular flexibility index (Phi) is 27.4. The van der Waals surface area contributed by atoms with Gasteiger partial charge >= 0.3 is 30.0 Å². The minimum atomic E-state index is -1.82. The number of nitrogens with two attached hydrogens (primary N) is 1. The number of primary amides is 1. The topological polar surface area (TPSA) is 394 Å². The van der Waals surface area contributed by atoms with E-state index in [9.17, 15) is 57.5 Å². The smallest absolute Gasteiger partial charge is 0.407 e. The number of benzene rings is 4. The zero-order valence-electron chi connectivity index (χ0n) is 45.3. The molecule has 7 amide bonds. The summed E-state index contributed by atoms with van der Waals surface area (Å²) in [7, 11) is 1.25. The number of carboxylic acids is 3. The molecule has 0 aromatic heterocycles. The molecule has 0 unspecified atom stereocenters. The molecule has 2 aliphatic rings. The molecule has 0 saturated heterocycles. The minimum Gasteiger partial charge on any atom is -0.481 e. The van der Waals surface area contributed by atoms with Crippen LogP contribution in [-0.4, -0.2) is 151 Å². The number of amides is 7. The van der Waals surface area contributed by atoms with E-state index in [4.69, 9.17) is 30.5 Å². The highest BCUT2D eigenvalue weighted by Gasteiger charge is 2.33. The number of ether oxygens (including phenoxy) is 2. The van der Waals surface area contributed by atoms with Crippen LogP contribution in [0.4, 0.5) is 4.79 Å². The largest absolute Gasteiger partial charge is 0.481 e. The highest BCUT2D eigenvalue weighted by Crippen LogP contribution is 2.45. The van der Waals surface area contributed by atoms with Gasteiger partial charge in [0, 0.05) is 18.3 Å². The third-order valence-corrected chi connectivity index (χ3v) is 11.9. The Morgan fingerprint density at radius 2 is 0.852 bits per heavy atom. The molecule has 0 bridgehead atoms. The molecule has 4 aromatic carbocycles. The maximum absolute atomic E-state index is 12.6. The number of Topliss-reactive ketones (excluding diaryl/α,β-unsaturated/α-hetero) is 1. The number of aliphatic carboxylic acids is 3. The van der Waals surface area contributed by atoms with Crippen LogP contribution in [0.25, 0.3) is 22.3 Å². The monoisotopic (exact) mass is 1120 g/mol. The van der Waals surface area contributed by atoms with Crippen molar-refractivity contribution >= 4 is 71.2 Å². The van der Waals surface area contributed by atoms with E-state index < -0.39 is 116 Å². The number of carboxylic acid groups (broad SMARTS) is 3. The second-order valence-corrected chi connectivity index (χ2v) is 17.6. The normalized spacial score (nSPS) is 12.4. The number of esters is 1. The van der Waals surface area contributed by atoms with E-state index in [0.29, 0.717) is 13.0 Å². The maximum atomic E-state index is 12.6. The molecule has 3 atom stereocenters. The fourth-order valence-electron chi connectivity index (χ4n) is 8.16. The van der Waals surface area contributed by atoms with E-state index in [1.807, 2.05) is 73.1 Å². The Morgan fingerprint density at radius 3 is 1.23 bits per heavy atom. The SMILES string of the molecule is CC.CC(=O)CNC(=O)OCC1c2ccccc2-c2ccccc21.CCC(=O)OCC1c2ccccc2-c2ccccc21.CN[C@@H](CC(=O)O)C(=O)N[C@@H](CC(=O)O)C(=O)N[C@@H](CC(=O)O)C(=O)NCC(=O)NCC(=O)NCC(N)=O. The van der Waals surface area contributed by atoms with Crippen molar-refractivity contribution in [2.24, 2.45) is 5.73 Å². The van der Waals surface area contributed by atoms with Crippen molar-refractivity contribution in [3.63, 3.8) is 0 Å². The molecular formula is C56H68N8O17. The third kappa shape index (κ3) is 21.3. The van der Waals surface area contributed by atoms with E-state index in [2.05, 4.69) is 81.9 Å². The molecule has 0 spiro atoms. The lowest BCUT2D eigenvalue weighted by Gasteiger charge is -2.23. The first-order valence-electron chi connectivity index (χ1n) is 25.6. The molecule has 2 aliphatic carbocycles. The summed E-state index contributed by atoms with van der Waals surface area (Å²) in [6.07, 6.45) is -2.83. The Labute approximate surface area is 466 Å². The summed E-state index contributed by atoms with van der Waals surface area (Å²) in [5.41, 5.74) is 14.6.